The van der Waals surface area contributed by atoms with E-state index in [2.05, 4.69) is 27.7 Å². The molecule has 0 radical (unpaired) electrons. The summed E-state index contributed by atoms with van der Waals surface area (Å²) in [4.78, 5) is 11.8. The average Bonchev–Trinajstić information content (AvgIpc) is 2.22. The molecule has 3 heteroatoms. The highest BCUT2D eigenvalue weighted by molar-refractivity contribution is 5.75. The van der Waals surface area contributed by atoms with Crippen molar-refractivity contribution >= 4 is 5.97 Å². The van der Waals surface area contributed by atoms with E-state index in [1.54, 1.807) is 0 Å². The molecule has 0 saturated heterocycles. The van der Waals surface area contributed by atoms with Gasteiger partial charge < -0.3 is 10.5 Å². The summed E-state index contributed by atoms with van der Waals surface area (Å²) >= 11 is 0. The summed E-state index contributed by atoms with van der Waals surface area (Å²) in [5.74, 6) is 1.60. The minimum absolute atomic E-state index is 0.0897. The number of hydrogen-bond donors (Lipinski definition) is 1. The van der Waals surface area contributed by atoms with Crippen molar-refractivity contribution in [1.82, 2.24) is 0 Å². The zero-order chi connectivity index (χ0) is 13.0. The van der Waals surface area contributed by atoms with Crippen LogP contribution in [0.2, 0.25) is 0 Å². The van der Waals surface area contributed by atoms with Crippen LogP contribution in [0.25, 0.3) is 0 Å². The molecule has 1 aliphatic rings. The predicted molar refractivity (Wildman–Crippen MR) is 69.5 cm³/mol. The third kappa shape index (κ3) is 4.66. The number of rotatable bonds is 4. The Labute approximate surface area is 105 Å². The molecule has 0 bridgehead atoms. The van der Waals surface area contributed by atoms with Crippen molar-refractivity contribution in [3.63, 3.8) is 0 Å². The molecular weight excluding hydrogens is 214 g/mol. The molecule has 1 aliphatic carbocycles. The molecule has 100 valence electrons. The standard InChI is InChI=1S/C14H27NO2/c1-9(2)7-13(15)14(16)17-12-6-5-10(3)11(4)8-12/h9-13H,5-8,15H2,1-4H3/t10?,11?,12?,13-/m1/s1. The van der Waals surface area contributed by atoms with E-state index in [0.717, 1.165) is 25.2 Å². The fourth-order valence-corrected chi connectivity index (χ4v) is 2.46. The largest absolute Gasteiger partial charge is 0.461 e. The monoisotopic (exact) mass is 241 g/mol. The number of esters is 1. The number of hydrogen-bond acceptors (Lipinski definition) is 3. The van der Waals surface area contributed by atoms with Gasteiger partial charge >= 0.3 is 5.97 Å². The molecule has 0 heterocycles. The maximum Gasteiger partial charge on any atom is 0.323 e. The van der Waals surface area contributed by atoms with Crippen LogP contribution in [0.4, 0.5) is 0 Å². The number of carbonyl (C=O) groups excluding carboxylic acids is 1. The van der Waals surface area contributed by atoms with Gasteiger partial charge in [0.1, 0.15) is 12.1 Å². The first-order valence-corrected chi connectivity index (χ1v) is 6.86. The van der Waals surface area contributed by atoms with E-state index in [4.69, 9.17) is 10.5 Å². The Morgan fingerprint density at radius 3 is 2.47 bits per heavy atom. The highest BCUT2D eigenvalue weighted by Crippen LogP contribution is 2.31. The van der Waals surface area contributed by atoms with Gasteiger partial charge in [-0.1, -0.05) is 27.7 Å². The molecular formula is C14H27NO2. The first-order valence-electron chi connectivity index (χ1n) is 6.86. The molecule has 0 spiro atoms. The predicted octanol–water partition coefficient (Wildman–Crippen LogP) is 2.73. The zero-order valence-electron chi connectivity index (χ0n) is 11.6. The molecule has 1 fully saturated rings. The molecule has 1 saturated carbocycles. The number of nitrogens with two attached hydrogens (primary N) is 1. The summed E-state index contributed by atoms with van der Waals surface area (Å²) < 4.78 is 5.51. The second kappa shape index (κ2) is 6.39. The van der Waals surface area contributed by atoms with Gasteiger partial charge in [0, 0.05) is 0 Å². The van der Waals surface area contributed by atoms with E-state index in [-0.39, 0.29) is 12.1 Å². The van der Waals surface area contributed by atoms with Crippen molar-refractivity contribution in [2.75, 3.05) is 0 Å². The Bertz CT molecular complexity index is 253. The third-order valence-electron chi connectivity index (χ3n) is 3.86. The minimum Gasteiger partial charge on any atom is -0.461 e. The van der Waals surface area contributed by atoms with E-state index in [0.29, 0.717) is 18.3 Å². The van der Waals surface area contributed by atoms with Gasteiger partial charge in [0.05, 0.1) is 0 Å². The normalized spacial score (nSPS) is 31.3. The third-order valence-corrected chi connectivity index (χ3v) is 3.86. The Balaban J connectivity index is 2.36. The number of carbonyl (C=O) groups is 1. The SMILES string of the molecule is CC(C)C[C@@H](N)C(=O)OC1CCC(C)C(C)C1. The van der Waals surface area contributed by atoms with E-state index in [1.165, 1.54) is 0 Å². The van der Waals surface area contributed by atoms with Gasteiger partial charge in [0.2, 0.25) is 0 Å². The lowest BCUT2D eigenvalue weighted by atomic mass is 9.80. The Morgan fingerprint density at radius 2 is 1.94 bits per heavy atom. The summed E-state index contributed by atoms with van der Waals surface area (Å²) in [5.41, 5.74) is 5.82. The molecule has 0 aromatic heterocycles. The van der Waals surface area contributed by atoms with Crippen LogP contribution in [-0.2, 0) is 9.53 Å². The molecule has 17 heavy (non-hydrogen) atoms. The van der Waals surface area contributed by atoms with Crippen LogP contribution in [0.15, 0.2) is 0 Å². The van der Waals surface area contributed by atoms with Crippen molar-refractivity contribution in [2.24, 2.45) is 23.5 Å². The fraction of sp³-hybridized carbons (Fsp3) is 0.929. The van der Waals surface area contributed by atoms with Crippen LogP contribution < -0.4 is 5.73 Å². The van der Waals surface area contributed by atoms with Crippen molar-refractivity contribution in [2.45, 2.75) is 65.5 Å². The molecule has 0 amide bonds. The summed E-state index contributed by atoms with van der Waals surface area (Å²) in [6, 6.07) is -0.454. The fourth-order valence-electron chi connectivity index (χ4n) is 2.46. The first kappa shape index (κ1) is 14.5. The van der Waals surface area contributed by atoms with Crippen LogP contribution in [0.5, 0.6) is 0 Å². The van der Waals surface area contributed by atoms with Crippen LogP contribution in [0, 0.1) is 17.8 Å². The van der Waals surface area contributed by atoms with Gasteiger partial charge in [-0.25, -0.2) is 0 Å². The average molecular weight is 241 g/mol. The molecule has 3 unspecified atom stereocenters. The van der Waals surface area contributed by atoms with E-state index < -0.39 is 6.04 Å². The summed E-state index contributed by atoms with van der Waals surface area (Å²) in [6.07, 6.45) is 3.93. The quantitative estimate of drug-likeness (QED) is 0.770. The second-order valence-corrected chi connectivity index (χ2v) is 6.06. The van der Waals surface area contributed by atoms with E-state index in [1.807, 2.05) is 0 Å². The van der Waals surface area contributed by atoms with Crippen LogP contribution in [0.3, 0.4) is 0 Å². The maximum atomic E-state index is 11.8. The molecule has 4 atom stereocenters. The van der Waals surface area contributed by atoms with Gasteiger partial charge in [-0.15, -0.1) is 0 Å². The van der Waals surface area contributed by atoms with Gasteiger partial charge in [0.15, 0.2) is 0 Å². The van der Waals surface area contributed by atoms with Crippen molar-refractivity contribution < 1.29 is 9.53 Å². The van der Waals surface area contributed by atoms with E-state index >= 15 is 0 Å². The van der Waals surface area contributed by atoms with Gasteiger partial charge in [-0.05, 0) is 43.4 Å². The molecule has 3 nitrogen and oxygen atoms in total. The Hall–Kier alpha value is -0.570. The smallest absolute Gasteiger partial charge is 0.323 e. The highest BCUT2D eigenvalue weighted by atomic mass is 16.5. The maximum absolute atomic E-state index is 11.8. The Morgan fingerprint density at radius 1 is 1.29 bits per heavy atom. The van der Waals surface area contributed by atoms with Crippen LogP contribution >= 0.6 is 0 Å². The van der Waals surface area contributed by atoms with Crippen LogP contribution in [0.1, 0.15) is 53.4 Å². The number of ether oxygens (including phenoxy) is 1. The van der Waals surface area contributed by atoms with Crippen molar-refractivity contribution in [3.05, 3.63) is 0 Å². The summed E-state index contributed by atoms with van der Waals surface area (Å²) in [6.45, 7) is 8.64. The molecule has 0 aromatic rings. The highest BCUT2D eigenvalue weighted by Gasteiger charge is 2.28. The van der Waals surface area contributed by atoms with Gasteiger partial charge in [-0.2, -0.15) is 0 Å². The second-order valence-electron chi connectivity index (χ2n) is 6.06. The van der Waals surface area contributed by atoms with Crippen LogP contribution in [-0.4, -0.2) is 18.1 Å². The molecule has 2 N–H and O–H groups in total. The molecule has 0 aromatic carbocycles. The minimum atomic E-state index is -0.454. The zero-order valence-corrected chi connectivity index (χ0v) is 11.6. The first-order chi connectivity index (χ1) is 7.90. The van der Waals surface area contributed by atoms with Gasteiger partial charge in [-0.3, -0.25) is 4.79 Å². The van der Waals surface area contributed by atoms with Gasteiger partial charge in [0.25, 0.3) is 0 Å². The lowest BCUT2D eigenvalue weighted by Gasteiger charge is -2.32. The van der Waals surface area contributed by atoms with Crippen molar-refractivity contribution in [3.8, 4) is 0 Å². The topological polar surface area (TPSA) is 52.3 Å². The molecule has 1 rings (SSSR count). The van der Waals surface area contributed by atoms with Crippen molar-refractivity contribution in [1.29, 1.82) is 0 Å². The molecule has 0 aliphatic heterocycles. The van der Waals surface area contributed by atoms with E-state index in [9.17, 15) is 4.79 Å². The summed E-state index contributed by atoms with van der Waals surface area (Å²) in [7, 11) is 0. The Kier molecular flexibility index (Phi) is 5.44. The lowest BCUT2D eigenvalue weighted by Crippen LogP contribution is -2.38. The lowest BCUT2D eigenvalue weighted by molar-refractivity contribution is -0.153. The summed E-state index contributed by atoms with van der Waals surface area (Å²) in [5, 5.41) is 0.